The molecule has 0 aliphatic heterocycles. The summed E-state index contributed by atoms with van der Waals surface area (Å²) in [6.07, 6.45) is 6.98. The fraction of sp³-hybridized carbons (Fsp3) is 0.333. The first-order valence-corrected chi connectivity index (χ1v) is 9.96. The van der Waals surface area contributed by atoms with E-state index in [-0.39, 0.29) is 17.5 Å². The molecule has 0 saturated heterocycles. The molecule has 3 rings (SSSR count). The van der Waals surface area contributed by atoms with E-state index in [9.17, 15) is 10.1 Å². The lowest BCUT2D eigenvalue weighted by molar-refractivity contribution is -0.117. The molecule has 2 N–H and O–H groups in total. The second-order valence-corrected chi connectivity index (χ2v) is 7.35. The van der Waals surface area contributed by atoms with Crippen LogP contribution in [0, 0.1) is 18.3 Å². The number of carbonyl (C=O) groups is 1. The number of amides is 1. The number of fused-ring (bicyclic) bond motifs is 1. The van der Waals surface area contributed by atoms with E-state index in [4.69, 9.17) is 0 Å². The number of aryl methyl sites for hydroxylation is 3. The molecular formula is C24H27N3O. The summed E-state index contributed by atoms with van der Waals surface area (Å²) in [4.78, 5) is 12.7. The van der Waals surface area contributed by atoms with Gasteiger partial charge in [0.25, 0.3) is 5.91 Å². The van der Waals surface area contributed by atoms with Crippen molar-refractivity contribution < 1.29 is 4.79 Å². The zero-order chi connectivity index (χ0) is 19.9. The molecule has 1 aliphatic carbocycles. The number of nitrogens with one attached hydrogen (secondary N) is 2. The van der Waals surface area contributed by atoms with Crippen LogP contribution in [-0.2, 0) is 17.6 Å². The molecule has 4 nitrogen and oxygen atoms in total. The molecule has 0 heterocycles. The van der Waals surface area contributed by atoms with Crippen LogP contribution in [0.1, 0.15) is 54.5 Å². The summed E-state index contributed by atoms with van der Waals surface area (Å²) < 4.78 is 0. The van der Waals surface area contributed by atoms with E-state index in [2.05, 4.69) is 28.8 Å². The first-order valence-electron chi connectivity index (χ1n) is 9.96. The molecule has 1 aliphatic rings. The van der Waals surface area contributed by atoms with Gasteiger partial charge in [-0.25, -0.2) is 0 Å². The number of anilines is 1. The topological polar surface area (TPSA) is 64.9 Å². The predicted molar refractivity (Wildman–Crippen MR) is 113 cm³/mol. The molecular weight excluding hydrogens is 346 g/mol. The summed E-state index contributed by atoms with van der Waals surface area (Å²) >= 11 is 0. The number of benzene rings is 2. The Morgan fingerprint density at radius 1 is 1.18 bits per heavy atom. The molecule has 1 amide bonds. The summed E-state index contributed by atoms with van der Waals surface area (Å²) in [5.74, 6) is -0.354. The van der Waals surface area contributed by atoms with Crippen molar-refractivity contribution in [3.05, 3.63) is 76.5 Å². The van der Waals surface area contributed by atoms with E-state index in [0.717, 1.165) is 36.1 Å². The highest BCUT2D eigenvalue weighted by molar-refractivity contribution is 5.97. The minimum atomic E-state index is -0.354. The largest absolute Gasteiger partial charge is 0.360 e. The Morgan fingerprint density at radius 3 is 2.68 bits per heavy atom. The molecule has 144 valence electrons. The highest BCUT2D eigenvalue weighted by Crippen LogP contribution is 2.26. The van der Waals surface area contributed by atoms with Crippen molar-refractivity contribution in [2.45, 2.75) is 52.0 Å². The van der Waals surface area contributed by atoms with Crippen molar-refractivity contribution in [3.63, 3.8) is 0 Å². The van der Waals surface area contributed by atoms with Gasteiger partial charge in [0.1, 0.15) is 11.6 Å². The second kappa shape index (κ2) is 9.23. The van der Waals surface area contributed by atoms with Crippen molar-refractivity contribution in [1.29, 1.82) is 5.26 Å². The molecule has 28 heavy (non-hydrogen) atoms. The van der Waals surface area contributed by atoms with Crippen molar-refractivity contribution in [1.82, 2.24) is 5.32 Å². The van der Waals surface area contributed by atoms with Gasteiger partial charge in [-0.15, -0.1) is 0 Å². The van der Waals surface area contributed by atoms with Crippen molar-refractivity contribution in [2.75, 3.05) is 5.32 Å². The highest BCUT2D eigenvalue weighted by atomic mass is 16.1. The Morgan fingerprint density at radius 2 is 1.96 bits per heavy atom. The summed E-state index contributed by atoms with van der Waals surface area (Å²) in [6, 6.07) is 16.2. The van der Waals surface area contributed by atoms with Crippen molar-refractivity contribution in [3.8, 4) is 6.07 Å². The normalized spacial score (nSPS) is 14.5. The first-order chi connectivity index (χ1) is 13.6. The Hall–Kier alpha value is -3.06. The lowest BCUT2D eigenvalue weighted by Gasteiger charge is -2.21. The molecule has 1 unspecified atom stereocenters. The summed E-state index contributed by atoms with van der Waals surface area (Å²) in [5.41, 5.74) is 5.96. The van der Waals surface area contributed by atoms with Gasteiger partial charge in [0.05, 0.1) is 6.04 Å². The number of rotatable bonds is 6. The zero-order valence-electron chi connectivity index (χ0n) is 16.6. The van der Waals surface area contributed by atoms with Crippen LogP contribution >= 0.6 is 0 Å². The van der Waals surface area contributed by atoms with Gasteiger partial charge in [-0.1, -0.05) is 37.3 Å². The smallest absolute Gasteiger partial charge is 0.263 e. The van der Waals surface area contributed by atoms with Crippen LogP contribution in [0.2, 0.25) is 0 Å². The Bertz CT molecular complexity index is 924. The van der Waals surface area contributed by atoms with Crippen molar-refractivity contribution in [2.24, 2.45) is 0 Å². The van der Waals surface area contributed by atoms with Gasteiger partial charge in [0.2, 0.25) is 0 Å². The van der Waals surface area contributed by atoms with E-state index in [1.807, 2.05) is 44.2 Å². The van der Waals surface area contributed by atoms with E-state index in [1.54, 1.807) is 0 Å². The number of nitriles is 1. The van der Waals surface area contributed by atoms with E-state index in [1.165, 1.54) is 30.2 Å². The number of hydrogen-bond acceptors (Lipinski definition) is 3. The van der Waals surface area contributed by atoms with Gasteiger partial charge in [0.15, 0.2) is 0 Å². The maximum absolute atomic E-state index is 12.7. The molecule has 0 radical (unpaired) electrons. The van der Waals surface area contributed by atoms with Gasteiger partial charge in [0, 0.05) is 11.9 Å². The molecule has 0 bridgehead atoms. The quantitative estimate of drug-likeness (QED) is 0.555. The number of carbonyl (C=O) groups excluding carboxylic acids is 1. The van der Waals surface area contributed by atoms with Gasteiger partial charge in [-0.05, 0) is 73.4 Å². The molecule has 0 spiro atoms. The van der Waals surface area contributed by atoms with Crippen LogP contribution < -0.4 is 10.6 Å². The third-order valence-corrected chi connectivity index (χ3v) is 5.25. The molecule has 1 atom stereocenters. The minimum absolute atomic E-state index is 0.0675. The minimum Gasteiger partial charge on any atom is -0.360 e. The summed E-state index contributed by atoms with van der Waals surface area (Å²) in [6.45, 7) is 4.04. The lowest BCUT2D eigenvalue weighted by Crippen LogP contribution is -2.29. The molecule has 2 aromatic rings. The third-order valence-electron chi connectivity index (χ3n) is 5.25. The summed E-state index contributed by atoms with van der Waals surface area (Å²) in [7, 11) is 0. The lowest BCUT2D eigenvalue weighted by atomic mass is 9.88. The first kappa shape index (κ1) is 19.7. The fourth-order valence-corrected chi connectivity index (χ4v) is 3.67. The van der Waals surface area contributed by atoms with Crippen molar-refractivity contribution >= 4 is 11.6 Å². The van der Waals surface area contributed by atoms with Gasteiger partial charge in [-0.2, -0.15) is 5.26 Å². The molecule has 2 aromatic carbocycles. The third kappa shape index (κ3) is 4.80. The Balaban J connectivity index is 1.71. The fourth-order valence-electron chi connectivity index (χ4n) is 3.67. The zero-order valence-corrected chi connectivity index (χ0v) is 16.6. The van der Waals surface area contributed by atoms with Gasteiger partial charge >= 0.3 is 0 Å². The maximum atomic E-state index is 12.7. The molecule has 0 aromatic heterocycles. The highest BCUT2D eigenvalue weighted by Gasteiger charge is 2.18. The summed E-state index contributed by atoms with van der Waals surface area (Å²) in [5, 5.41) is 15.5. The van der Waals surface area contributed by atoms with Crippen LogP contribution in [0.15, 0.2) is 54.2 Å². The van der Waals surface area contributed by atoms with Crippen LogP contribution in [0.25, 0.3) is 0 Å². The number of hydrogen-bond donors (Lipinski definition) is 2. The average Bonchev–Trinajstić information content (AvgIpc) is 2.72. The predicted octanol–water partition coefficient (Wildman–Crippen LogP) is 4.96. The van der Waals surface area contributed by atoms with Crippen LogP contribution in [0.3, 0.4) is 0 Å². The SMILES string of the molecule is CCC(NC(=O)/C(C#N)=C\Nc1cccc(C)c1)c1ccc2c(c1)CCCC2. The molecule has 4 heteroatoms. The van der Waals surface area contributed by atoms with Crippen LogP contribution in [0.4, 0.5) is 5.69 Å². The Labute approximate surface area is 167 Å². The second-order valence-electron chi connectivity index (χ2n) is 7.35. The monoisotopic (exact) mass is 373 g/mol. The van der Waals surface area contributed by atoms with E-state index in [0.29, 0.717) is 0 Å². The van der Waals surface area contributed by atoms with E-state index < -0.39 is 0 Å². The maximum Gasteiger partial charge on any atom is 0.263 e. The number of nitrogens with zero attached hydrogens (tertiary/aromatic N) is 1. The van der Waals surface area contributed by atoms with Gasteiger partial charge < -0.3 is 10.6 Å². The van der Waals surface area contributed by atoms with Gasteiger partial charge in [-0.3, -0.25) is 4.79 Å². The standard InChI is InChI=1S/C24H27N3O/c1-3-23(20-12-11-18-8-4-5-9-19(18)14-20)27-24(28)21(15-25)16-26-22-10-6-7-17(2)13-22/h6-7,10-14,16,23,26H,3-5,8-9H2,1-2H3,(H,27,28)/b21-16-. The van der Waals surface area contributed by atoms with E-state index >= 15 is 0 Å². The van der Waals surface area contributed by atoms with Crippen LogP contribution in [0.5, 0.6) is 0 Å². The molecule has 0 saturated carbocycles. The van der Waals surface area contributed by atoms with Crippen LogP contribution in [-0.4, -0.2) is 5.91 Å². The Kier molecular flexibility index (Phi) is 6.49. The average molecular weight is 374 g/mol. The molecule has 0 fully saturated rings.